The molecule has 0 unspecified atom stereocenters. The Morgan fingerprint density at radius 3 is 2.25 bits per heavy atom. The average Bonchev–Trinajstić information content (AvgIpc) is 2.13. The lowest BCUT2D eigenvalue weighted by atomic mass is 10.1. The van der Waals surface area contributed by atoms with Crippen molar-refractivity contribution in [2.24, 2.45) is 0 Å². The van der Waals surface area contributed by atoms with E-state index in [1.54, 1.807) is 6.92 Å². The topological polar surface area (TPSA) is 26.3 Å². The van der Waals surface area contributed by atoms with Crippen molar-refractivity contribution < 1.29 is 22.7 Å². The number of carbonyl (C=O) groups excluding carboxylic acids is 1. The zero-order valence-corrected chi connectivity index (χ0v) is 9.61. The van der Waals surface area contributed by atoms with Gasteiger partial charge in [-0.25, -0.2) is 0 Å². The number of ether oxygens (including phenoxy) is 1. The molecule has 0 aromatic heterocycles. The third-order valence-electron chi connectivity index (χ3n) is 2.10. The minimum absolute atomic E-state index is 0.182. The molecule has 0 aromatic rings. The monoisotopic (exact) mass is 240 g/mol. The second-order valence-electron chi connectivity index (χ2n) is 3.84. The van der Waals surface area contributed by atoms with E-state index in [0.29, 0.717) is 13.0 Å². The lowest BCUT2D eigenvalue weighted by Crippen LogP contribution is -2.11. The lowest BCUT2D eigenvalue weighted by molar-refractivity contribution is -0.145. The molecule has 5 heteroatoms. The Labute approximate surface area is 94.2 Å². The lowest BCUT2D eigenvalue weighted by Gasteiger charge is -2.06. The van der Waals surface area contributed by atoms with Crippen LogP contribution in [0.4, 0.5) is 13.2 Å². The molecule has 0 spiro atoms. The molecule has 0 N–H and O–H groups in total. The van der Waals surface area contributed by atoms with Crippen LogP contribution in [0.2, 0.25) is 0 Å². The van der Waals surface area contributed by atoms with Crippen LogP contribution in [0.15, 0.2) is 0 Å². The summed E-state index contributed by atoms with van der Waals surface area (Å²) < 4.78 is 39.9. The maximum atomic E-state index is 11.7. The number of alkyl halides is 3. The highest BCUT2D eigenvalue weighted by molar-refractivity contribution is 5.75. The van der Waals surface area contributed by atoms with Gasteiger partial charge < -0.3 is 9.53 Å². The highest BCUT2D eigenvalue weighted by Gasteiger charge is 2.26. The number of unbranched alkanes of at least 4 members (excludes halogenated alkanes) is 3. The van der Waals surface area contributed by atoms with Gasteiger partial charge in [0.1, 0.15) is 5.78 Å². The summed E-state index contributed by atoms with van der Waals surface area (Å²) in [5.41, 5.74) is 0. The van der Waals surface area contributed by atoms with E-state index in [1.807, 2.05) is 0 Å². The Balaban J connectivity index is 3.07. The molecular formula is C11H19F3O2. The van der Waals surface area contributed by atoms with E-state index in [1.165, 1.54) is 0 Å². The molecule has 96 valence electrons. The summed E-state index contributed by atoms with van der Waals surface area (Å²) in [7, 11) is 0. The van der Waals surface area contributed by atoms with Gasteiger partial charge in [-0.3, -0.25) is 0 Å². The fourth-order valence-electron chi connectivity index (χ4n) is 1.22. The largest absolute Gasteiger partial charge is 0.391 e. The molecule has 0 aliphatic carbocycles. The Morgan fingerprint density at radius 1 is 1.06 bits per heavy atom. The van der Waals surface area contributed by atoms with Gasteiger partial charge in [0.15, 0.2) is 0 Å². The molecule has 0 amide bonds. The smallest absolute Gasteiger partial charge is 0.381 e. The Kier molecular flexibility index (Phi) is 8.25. The van der Waals surface area contributed by atoms with E-state index < -0.39 is 12.6 Å². The summed E-state index contributed by atoms with van der Waals surface area (Å²) >= 11 is 0. The Morgan fingerprint density at radius 2 is 1.69 bits per heavy atom. The number of halogens is 3. The van der Waals surface area contributed by atoms with E-state index in [4.69, 9.17) is 4.74 Å². The molecule has 0 aliphatic heterocycles. The van der Waals surface area contributed by atoms with Gasteiger partial charge in [0, 0.05) is 13.0 Å². The van der Waals surface area contributed by atoms with Crippen molar-refractivity contribution in [1.29, 1.82) is 0 Å². The van der Waals surface area contributed by atoms with Crippen molar-refractivity contribution in [1.82, 2.24) is 0 Å². The van der Waals surface area contributed by atoms with Crippen LogP contribution in [-0.2, 0) is 9.53 Å². The summed E-state index contributed by atoms with van der Waals surface area (Å²) in [5, 5.41) is 0. The minimum atomic E-state index is -4.12. The number of hydrogen-bond acceptors (Lipinski definition) is 2. The van der Waals surface area contributed by atoms with Crippen LogP contribution in [0.3, 0.4) is 0 Å². The summed E-state index contributed by atoms with van der Waals surface area (Å²) in [6.45, 7) is 1.67. The first-order valence-corrected chi connectivity index (χ1v) is 5.56. The number of ketones is 1. The summed E-state index contributed by atoms with van der Waals surface area (Å²) in [5.74, 6) is 0.182. The van der Waals surface area contributed by atoms with Crippen molar-refractivity contribution in [3.63, 3.8) is 0 Å². The maximum absolute atomic E-state index is 11.7. The predicted molar refractivity (Wildman–Crippen MR) is 55.3 cm³/mol. The summed E-state index contributed by atoms with van der Waals surface area (Å²) in [4.78, 5) is 10.6. The maximum Gasteiger partial charge on any atom is 0.391 e. The standard InChI is InChI=1S/C11H19F3O2/c1-10(15)6-4-2-3-5-8-16-9-7-11(12,13)14/h2-9H2,1H3. The highest BCUT2D eigenvalue weighted by atomic mass is 19.4. The number of rotatable bonds is 9. The number of carbonyl (C=O) groups is 1. The van der Waals surface area contributed by atoms with Gasteiger partial charge in [-0.15, -0.1) is 0 Å². The van der Waals surface area contributed by atoms with Crippen molar-refractivity contribution in [3.05, 3.63) is 0 Å². The van der Waals surface area contributed by atoms with Crippen LogP contribution in [0.5, 0.6) is 0 Å². The molecule has 0 rings (SSSR count). The van der Waals surface area contributed by atoms with E-state index in [0.717, 1.165) is 25.7 Å². The SMILES string of the molecule is CC(=O)CCCCCCOCCC(F)(F)F. The number of hydrogen-bond donors (Lipinski definition) is 0. The van der Waals surface area contributed by atoms with Crippen LogP contribution in [0.1, 0.15) is 45.4 Å². The van der Waals surface area contributed by atoms with Gasteiger partial charge in [-0.1, -0.05) is 12.8 Å². The highest BCUT2D eigenvalue weighted by Crippen LogP contribution is 2.19. The van der Waals surface area contributed by atoms with Crippen LogP contribution >= 0.6 is 0 Å². The molecule has 0 aliphatic rings. The van der Waals surface area contributed by atoms with Gasteiger partial charge in [0.05, 0.1) is 13.0 Å². The molecule has 0 heterocycles. The van der Waals surface area contributed by atoms with E-state index in [2.05, 4.69) is 0 Å². The molecule has 2 nitrogen and oxygen atoms in total. The van der Waals surface area contributed by atoms with E-state index in [-0.39, 0.29) is 12.4 Å². The predicted octanol–water partition coefficient (Wildman–Crippen LogP) is 3.49. The average molecular weight is 240 g/mol. The van der Waals surface area contributed by atoms with Crippen LogP contribution < -0.4 is 0 Å². The van der Waals surface area contributed by atoms with Crippen molar-refractivity contribution in [2.75, 3.05) is 13.2 Å². The molecule has 0 radical (unpaired) electrons. The van der Waals surface area contributed by atoms with Crippen LogP contribution in [0.25, 0.3) is 0 Å². The first-order chi connectivity index (χ1) is 7.42. The Bertz CT molecular complexity index is 190. The van der Waals surface area contributed by atoms with Gasteiger partial charge >= 0.3 is 6.18 Å². The zero-order valence-electron chi connectivity index (χ0n) is 9.61. The van der Waals surface area contributed by atoms with Crippen LogP contribution in [-0.4, -0.2) is 25.2 Å². The second-order valence-corrected chi connectivity index (χ2v) is 3.84. The first-order valence-electron chi connectivity index (χ1n) is 5.56. The van der Waals surface area contributed by atoms with Crippen molar-refractivity contribution >= 4 is 5.78 Å². The van der Waals surface area contributed by atoms with Gasteiger partial charge in [0.2, 0.25) is 0 Å². The van der Waals surface area contributed by atoms with Gasteiger partial charge in [-0.05, 0) is 19.8 Å². The number of Topliss-reactive ketones (excluding diaryl/α,β-unsaturated/α-hetero) is 1. The molecule has 0 bridgehead atoms. The van der Waals surface area contributed by atoms with E-state index in [9.17, 15) is 18.0 Å². The molecule has 0 fully saturated rings. The van der Waals surface area contributed by atoms with Crippen LogP contribution in [0, 0.1) is 0 Å². The normalized spacial score (nSPS) is 11.8. The second kappa shape index (κ2) is 8.56. The summed E-state index contributed by atoms with van der Waals surface area (Å²) in [6.07, 6.45) is -0.955. The van der Waals surface area contributed by atoms with E-state index >= 15 is 0 Å². The first kappa shape index (κ1) is 15.4. The van der Waals surface area contributed by atoms with Gasteiger partial charge in [-0.2, -0.15) is 13.2 Å². The molecular weight excluding hydrogens is 221 g/mol. The molecule has 0 saturated heterocycles. The zero-order chi connectivity index (χ0) is 12.4. The summed E-state index contributed by atoms with van der Waals surface area (Å²) in [6, 6.07) is 0. The molecule has 16 heavy (non-hydrogen) atoms. The minimum Gasteiger partial charge on any atom is -0.381 e. The van der Waals surface area contributed by atoms with Crippen molar-refractivity contribution in [3.8, 4) is 0 Å². The van der Waals surface area contributed by atoms with Crippen molar-refractivity contribution in [2.45, 2.75) is 51.6 Å². The third-order valence-corrected chi connectivity index (χ3v) is 2.10. The fourth-order valence-corrected chi connectivity index (χ4v) is 1.22. The van der Waals surface area contributed by atoms with Gasteiger partial charge in [0.25, 0.3) is 0 Å². The fraction of sp³-hybridized carbons (Fsp3) is 0.909. The molecule has 0 atom stereocenters. The molecule has 0 saturated carbocycles. The quantitative estimate of drug-likeness (QED) is 0.576. The molecule has 0 aromatic carbocycles. The Hall–Kier alpha value is -0.580. The third kappa shape index (κ3) is 13.4.